The van der Waals surface area contributed by atoms with Crippen LogP contribution in [0.25, 0.3) is 11.2 Å². The summed E-state index contributed by atoms with van der Waals surface area (Å²) in [6.07, 6.45) is 0.294. The van der Waals surface area contributed by atoms with Crippen LogP contribution in [-0.2, 0) is 20.1 Å². The predicted molar refractivity (Wildman–Crippen MR) is 120 cm³/mol. The molecule has 32 heavy (non-hydrogen) atoms. The van der Waals surface area contributed by atoms with E-state index >= 15 is 0 Å². The summed E-state index contributed by atoms with van der Waals surface area (Å²) in [5.74, 6) is 1.20. The van der Waals surface area contributed by atoms with Gasteiger partial charge in [-0.25, -0.2) is 4.79 Å². The summed E-state index contributed by atoms with van der Waals surface area (Å²) in [6.45, 7) is 0.322. The summed E-state index contributed by atoms with van der Waals surface area (Å²) in [7, 11) is 3.15. The van der Waals surface area contributed by atoms with E-state index in [1.807, 2.05) is 30.3 Å². The molecule has 0 aliphatic carbocycles. The first-order valence-electron chi connectivity index (χ1n) is 10.2. The molecule has 4 aromatic rings. The van der Waals surface area contributed by atoms with Gasteiger partial charge in [-0.15, -0.1) is 0 Å². The van der Waals surface area contributed by atoms with Gasteiger partial charge in [0, 0.05) is 20.2 Å². The van der Waals surface area contributed by atoms with Crippen LogP contribution >= 0.6 is 0 Å². The molecule has 0 atom stereocenters. The highest BCUT2D eigenvalue weighted by Crippen LogP contribution is 2.26. The van der Waals surface area contributed by atoms with E-state index in [0.717, 1.165) is 10.1 Å². The predicted octanol–water partition coefficient (Wildman–Crippen LogP) is 2.13. The zero-order valence-electron chi connectivity index (χ0n) is 17.9. The summed E-state index contributed by atoms with van der Waals surface area (Å²) in [5, 5.41) is 9.18. The number of rotatable bonds is 8. The second-order valence-corrected chi connectivity index (χ2v) is 7.29. The van der Waals surface area contributed by atoms with Crippen molar-refractivity contribution < 1.29 is 14.6 Å². The number of hydrogen-bond donors (Lipinski definition) is 1. The van der Waals surface area contributed by atoms with Gasteiger partial charge in [0.15, 0.2) is 11.2 Å². The van der Waals surface area contributed by atoms with Crippen LogP contribution in [0.1, 0.15) is 12.0 Å². The largest absolute Gasteiger partial charge is 0.497 e. The maximum absolute atomic E-state index is 13.3. The third kappa shape index (κ3) is 4.02. The van der Waals surface area contributed by atoms with Gasteiger partial charge in [0.1, 0.15) is 11.5 Å². The Kier molecular flexibility index (Phi) is 6.09. The maximum atomic E-state index is 13.3. The molecule has 166 valence electrons. The number of nitrogens with zero attached hydrogens (tertiary/aromatic N) is 4. The lowest BCUT2D eigenvalue weighted by Gasteiger charge is -2.11. The summed E-state index contributed by atoms with van der Waals surface area (Å²) < 4.78 is 15.3. The third-order valence-electron chi connectivity index (χ3n) is 5.19. The Morgan fingerprint density at radius 2 is 1.66 bits per heavy atom. The first-order valence-corrected chi connectivity index (χ1v) is 10.2. The van der Waals surface area contributed by atoms with Gasteiger partial charge in [0.25, 0.3) is 5.56 Å². The molecule has 9 heteroatoms. The lowest BCUT2D eigenvalue weighted by molar-refractivity contribution is 0.277. The van der Waals surface area contributed by atoms with Crippen molar-refractivity contribution in [3.05, 3.63) is 81.0 Å². The molecular formula is C23H24N4O5. The Bertz CT molecular complexity index is 1340. The summed E-state index contributed by atoms with van der Waals surface area (Å²) in [4.78, 5) is 30.6. The average Bonchev–Trinajstić information content (AvgIpc) is 3.17. The van der Waals surface area contributed by atoms with E-state index in [-0.39, 0.29) is 30.3 Å². The molecule has 2 aromatic carbocycles. The van der Waals surface area contributed by atoms with Crippen LogP contribution < -0.4 is 20.7 Å². The van der Waals surface area contributed by atoms with E-state index in [2.05, 4.69) is 4.98 Å². The van der Waals surface area contributed by atoms with E-state index in [1.54, 1.807) is 43.0 Å². The molecular weight excluding hydrogens is 412 g/mol. The average molecular weight is 436 g/mol. The number of fused-ring (bicyclic) bond motifs is 1. The van der Waals surface area contributed by atoms with Crippen LogP contribution in [0.3, 0.4) is 0 Å². The van der Waals surface area contributed by atoms with Gasteiger partial charge in [0.2, 0.25) is 0 Å². The minimum absolute atomic E-state index is 0.114. The van der Waals surface area contributed by atoms with E-state index in [9.17, 15) is 14.7 Å². The zero-order valence-corrected chi connectivity index (χ0v) is 17.9. The van der Waals surface area contributed by atoms with Gasteiger partial charge >= 0.3 is 11.7 Å². The van der Waals surface area contributed by atoms with Crippen molar-refractivity contribution in [3.8, 4) is 17.5 Å². The van der Waals surface area contributed by atoms with Crippen molar-refractivity contribution in [1.29, 1.82) is 0 Å². The lowest BCUT2D eigenvalue weighted by Crippen LogP contribution is -2.39. The van der Waals surface area contributed by atoms with Gasteiger partial charge in [-0.2, -0.15) is 4.98 Å². The smallest absolute Gasteiger partial charge is 0.332 e. The normalized spacial score (nSPS) is 11.1. The molecule has 2 aromatic heterocycles. The highest BCUT2D eigenvalue weighted by molar-refractivity contribution is 5.72. The Morgan fingerprint density at radius 3 is 2.31 bits per heavy atom. The Balaban J connectivity index is 1.90. The van der Waals surface area contributed by atoms with Crippen molar-refractivity contribution in [2.24, 2.45) is 7.05 Å². The number of aromatic nitrogens is 4. The molecule has 0 unspecified atom stereocenters. The molecule has 2 heterocycles. The minimum Gasteiger partial charge on any atom is -0.497 e. The molecule has 1 N–H and O–H groups in total. The summed E-state index contributed by atoms with van der Waals surface area (Å²) >= 11 is 0. The molecule has 0 amide bonds. The molecule has 0 radical (unpaired) electrons. The van der Waals surface area contributed by atoms with E-state index in [0.29, 0.717) is 24.5 Å². The molecule has 0 spiro atoms. The Hall–Kier alpha value is -3.85. The number of aliphatic hydroxyl groups is 1. The number of imidazole rings is 1. The van der Waals surface area contributed by atoms with Crippen LogP contribution in [0.2, 0.25) is 0 Å². The van der Waals surface area contributed by atoms with Crippen molar-refractivity contribution in [1.82, 2.24) is 18.7 Å². The third-order valence-corrected chi connectivity index (χ3v) is 5.19. The summed E-state index contributed by atoms with van der Waals surface area (Å²) in [5.41, 5.74) is 0.486. The van der Waals surface area contributed by atoms with Crippen LogP contribution in [-0.4, -0.2) is 37.5 Å². The van der Waals surface area contributed by atoms with E-state index in [1.165, 1.54) is 4.57 Å². The first kappa shape index (κ1) is 21.4. The SMILES string of the molecule is COc1ccc(Oc2nc3c(c(=O)n(CCCO)c(=O)n3C)n2Cc2ccccc2)cc1. The fourth-order valence-corrected chi connectivity index (χ4v) is 3.52. The second-order valence-electron chi connectivity index (χ2n) is 7.29. The second kappa shape index (κ2) is 9.11. The van der Waals surface area contributed by atoms with Crippen LogP contribution in [0.15, 0.2) is 64.2 Å². The monoisotopic (exact) mass is 436 g/mol. The molecule has 0 bridgehead atoms. The minimum atomic E-state index is -0.490. The fourth-order valence-electron chi connectivity index (χ4n) is 3.52. The number of hydrogen-bond acceptors (Lipinski definition) is 6. The van der Waals surface area contributed by atoms with Crippen molar-refractivity contribution in [3.63, 3.8) is 0 Å². The van der Waals surface area contributed by atoms with Crippen molar-refractivity contribution in [2.45, 2.75) is 19.5 Å². The molecule has 9 nitrogen and oxygen atoms in total. The van der Waals surface area contributed by atoms with Gasteiger partial charge < -0.3 is 14.6 Å². The summed E-state index contributed by atoms with van der Waals surface area (Å²) in [6, 6.07) is 16.8. The highest BCUT2D eigenvalue weighted by Gasteiger charge is 2.22. The van der Waals surface area contributed by atoms with Crippen LogP contribution in [0.5, 0.6) is 17.5 Å². The number of ether oxygens (including phenoxy) is 2. The lowest BCUT2D eigenvalue weighted by atomic mass is 10.2. The van der Waals surface area contributed by atoms with E-state index in [4.69, 9.17) is 9.47 Å². The van der Waals surface area contributed by atoms with Gasteiger partial charge in [-0.1, -0.05) is 30.3 Å². The topological polar surface area (TPSA) is 101 Å². The molecule has 4 rings (SSSR count). The Morgan fingerprint density at radius 1 is 0.969 bits per heavy atom. The van der Waals surface area contributed by atoms with Crippen LogP contribution in [0.4, 0.5) is 0 Å². The van der Waals surface area contributed by atoms with E-state index < -0.39 is 11.2 Å². The molecule has 0 saturated heterocycles. The number of aryl methyl sites for hydroxylation is 1. The number of methoxy groups -OCH3 is 1. The maximum Gasteiger partial charge on any atom is 0.332 e. The fraction of sp³-hybridized carbons (Fsp3) is 0.261. The highest BCUT2D eigenvalue weighted by atomic mass is 16.5. The first-order chi connectivity index (χ1) is 15.5. The number of aliphatic hydroxyl groups excluding tert-OH is 1. The van der Waals surface area contributed by atoms with Gasteiger partial charge in [0.05, 0.1) is 13.7 Å². The molecule has 0 fully saturated rings. The van der Waals surface area contributed by atoms with Crippen molar-refractivity contribution in [2.75, 3.05) is 13.7 Å². The molecule has 0 saturated carbocycles. The molecule has 0 aliphatic rings. The zero-order chi connectivity index (χ0) is 22.7. The van der Waals surface area contributed by atoms with Gasteiger partial charge in [-0.05, 0) is 36.2 Å². The van der Waals surface area contributed by atoms with Gasteiger partial charge in [-0.3, -0.25) is 18.5 Å². The van der Waals surface area contributed by atoms with Crippen molar-refractivity contribution >= 4 is 11.2 Å². The quantitative estimate of drug-likeness (QED) is 0.454. The standard InChI is InChI=1S/C23H24N4O5/c1-25-20-19(21(29)26(23(25)30)13-6-14-28)27(15-16-7-4-3-5-8-16)22(24-20)32-18-11-9-17(31-2)10-12-18/h3-5,7-12,28H,6,13-15H2,1-2H3. The number of benzene rings is 2. The van der Waals surface area contributed by atoms with Crippen LogP contribution in [0, 0.1) is 0 Å². The Labute approximate surface area is 183 Å². The molecule has 0 aliphatic heterocycles.